The smallest absolute Gasteiger partial charge is 0.260 e. The first-order valence-electron chi connectivity index (χ1n) is 8.30. The van der Waals surface area contributed by atoms with Gasteiger partial charge in [0.25, 0.3) is 11.8 Å². The van der Waals surface area contributed by atoms with E-state index in [0.29, 0.717) is 40.8 Å². The average molecular weight is 360 g/mol. The van der Waals surface area contributed by atoms with E-state index in [9.17, 15) is 9.59 Å². The Bertz CT molecular complexity index is 781. The zero-order valence-corrected chi connectivity index (χ0v) is 15.8. The number of thiophene rings is 1. The fourth-order valence-corrected chi connectivity index (χ4v) is 3.71. The summed E-state index contributed by atoms with van der Waals surface area (Å²) in [7, 11) is 0. The van der Waals surface area contributed by atoms with Crippen molar-refractivity contribution in [2.75, 3.05) is 11.9 Å². The highest BCUT2D eigenvalue weighted by atomic mass is 32.1. The van der Waals surface area contributed by atoms with Crippen LogP contribution in [0.2, 0.25) is 0 Å². The van der Waals surface area contributed by atoms with Crippen molar-refractivity contribution >= 4 is 28.2 Å². The van der Waals surface area contributed by atoms with Gasteiger partial charge < -0.3 is 15.8 Å². The summed E-state index contributed by atoms with van der Waals surface area (Å²) in [4.78, 5) is 25.5. The number of hydrogen-bond donors (Lipinski definition) is 2. The first kappa shape index (κ1) is 19.0. The molecule has 2 aromatic rings. The second-order valence-corrected chi connectivity index (χ2v) is 7.44. The number of ether oxygens (including phenoxy) is 1. The average Bonchev–Trinajstić information content (AvgIpc) is 2.88. The second kappa shape index (κ2) is 8.16. The molecule has 0 aliphatic heterocycles. The highest BCUT2D eigenvalue weighted by molar-refractivity contribution is 7.16. The summed E-state index contributed by atoms with van der Waals surface area (Å²) in [5.74, 6) is 0.0366. The first-order chi connectivity index (χ1) is 11.8. The molecule has 5 nitrogen and oxygen atoms in total. The lowest BCUT2D eigenvalue weighted by atomic mass is 10.1. The van der Waals surface area contributed by atoms with Crippen molar-refractivity contribution in [3.63, 3.8) is 0 Å². The minimum atomic E-state index is -0.527. The van der Waals surface area contributed by atoms with Gasteiger partial charge in [-0.3, -0.25) is 9.59 Å². The van der Waals surface area contributed by atoms with Crippen LogP contribution < -0.4 is 15.8 Å². The molecule has 2 amide bonds. The molecule has 2 rings (SSSR count). The Morgan fingerprint density at radius 2 is 1.96 bits per heavy atom. The number of primary amides is 1. The number of benzene rings is 1. The molecule has 0 bridgehead atoms. The van der Waals surface area contributed by atoms with E-state index in [1.807, 2.05) is 33.8 Å². The number of anilines is 1. The zero-order chi connectivity index (χ0) is 18.6. The maximum Gasteiger partial charge on any atom is 0.260 e. The van der Waals surface area contributed by atoms with Gasteiger partial charge in [-0.15, -0.1) is 11.3 Å². The molecule has 0 saturated heterocycles. The molecule has 0 radical (unpaired) electrons. The Hall–Kier alpha value is -2.34. The minimum absolute atomic E-state index is 0.314. The standard InChI is InChI=1S/C19H24N2O3S/c1-5-13-12(4)25-19(16(13)17(20)22)21-18(23)14-8-6-7-9-15(14)24-10-11(2)3/h6-9,11H,5,10H2,1-4H3,(H2,20,22)(H,21,23). The molecular weight excluding hydrogens is 336 g/mol. The van der Waals surface area contributed by atoms with Crippen LogP contribution in [0, 0.1) is 12.8 Å². The molecule has 1 heterocycles. The van der Waals surface area contributed by atoms with Gasteiger partial charge in [0, 0.05) is 4.88 Å². The molecule has 6 heteroatoms. The molecule has 0 aliphatic carbocycles. The van der Waals surface area contributed by atoms with E-state index in [-0.39, 0.29) is 5.91 Å². The van der Waals surface area contributed by atoms with Gasteiger partial charge in [-0.05, 0) is 37.0 Å². The van der Waals surface area contributed by atoms with Gasteiger partial charge in [-0.25, -0.2) is 0 Å². The third-order valence-electron chi connectivity index (χ3n) is 3.74. The van der Waals surface area contributed by atoms with Crippen LogP contribution in [-0.4, -0.2) is 18.4 Å². The van der Waals surface area contributed by atoms with Crippen molar-refractivity contribution in [1.82, 2.24) is 0 Å². The van der Waals surface area contributed by atoms with Crippen LogP contribution in [0.1, 0.15) is 51.9 Å². The number of carbonyl (C=O) groups is 2. The number of nitrogens with two attached hydrogens (primary N) is 1. The largest absolute Gasteiger partial charge is 0.492 e. The number of amides is 2. The summed E-state index contributed by atoms with van der Waals surface area (Å²) < 4.78 is 5.74. The lowest BCUT2D eigenvalue weighted by Crippen LogP contribution is -2.18. The van der Waals surface area contributed by atoms with Gasteiger partial charge in [-0.2, -0.15) is 0 Å². The van der Waals surface area contributed by atoms with Crippen molar-refractivity contribution in [3.8, 4) is 5.75 Å². The predicted octanol–water partition coefficient (Wildman–Crippen LogP) is 4.00. The normalized spacial score (nSPS) is 10.8. The zero-order valence-electron chi connectivity index (χ0n) is 15.0. The van der Waals surface area contributed by atoms with E-state index in [1.165, 1.54) is 11.3 Å². The highest BCUT2D eigenvalue weighted by Crippen LogP contribution is 2.34. The molecule has 0 aliphatic rings. The van der Waals surface area contributed by atoms with Gasteiger partial charge >= 0.3 is 0 Å². The highest BCUT2D eigenvalue weighted by Gasteiger charge is 2.22. The molecule has 25 heavy (non-hydrogen) atoms. The fourth-order valence-electron chi connectivity index (χ4n) is 2.56. The summed E-state index contributed by atoms with van der Waals surface area (Å²) in [6.45, 7) is 8.49. The van der Waals surface area contributed by atoms with Gasteiger partial charge in [0.05, 0.1) is 17.7 Å². The molecule has 0 atom stereocenters. The van der Waals surface area contributed by atoms with Crippen LogP contribution in [0.3, 0.4) is 0 Å². The summed E-state index contributed by atoms with van der Waals surface area (Å²) in [5.41, 5.74) is 7.24. The lowest BCUT2D eigenvalue weighted by molar-refractivity contribution is 0.100. The molecule has 0 spiro atoms. The summed E-state index contributed by atoms with van der Waals surface area (Å²) >= 11 is 1.37. The number of rotatable bonds is 7. The molecule has 0 fully saturated rings. The first-order valence-corrected chi connectivity index (χ1v) is 9.12. The molecule has 1 aromatic carbocycles. The van der Waals surface area contributed by atoms with Gasteiger partial charge in [0.1, 0.15) is 10.8 Å². The quantitative estimate of drug-likeness (QED) is 0.783. The van der Waals surface area contributed by atoms with Crippen LogP contribution in [-0.2, 0) is 6.42 Å². The third kappa shape index (κ3) is 4.39. The lowest BCUT2D eigenvalue weighted by Gasteiger charge is -2.13. The van der Waals surface area contributed by atoms with Crippen molar-refractivity contribution in [1.29, 1.82) is 0 Å². The summed E-state index contributed by atoms with van der Waals surface area (Å²) in [5, 5.41) is 3.32. The topological polar surface area (TPSA) is 81.4 Å². The molecular formula is C19H24N2O3S. The van der Waals surface area contributed by atoms with Crippen molar-refractivity contribution in [2.45, 2.75) is 34.1 Å². The third-order valence-corrected chi connectivity index (χ3v) is 4.80. The van der Waals surface area contributed by atoms with E-state index in [2.05, 4.69) is 5.32 Å². The van der Waals surface area contributed by atoms with E-state index in [4.69, 9.17) is 10.5 Å². The van der Waals surface area contributed by atoms with Gasteiger partial charge in [0.2, 0.25) is 0 Å². The van der Waals surface area contributed by atoms with Crippen LogP contribution in [0.4, 0.5) is 5.00 Å². The minimum Gasteiger partial charge on any atom is -0.492 e. The Kier molecular flexibility index (Phi) is 6.20. The SMILES string of the molecule is CCc1c(C)sc(NC(=O)c2ccccc2OCC(C)C)c1C(N)=O. The number of carbonyl (C=O) groups excluding carboxylic acids is 2. The van der Waals surface area contributed by atoms with Crippen LogP contribution in [0.25, 0.3) is 0 Å². The van der Waals surface area contributed by atoms with Crippen molar-refractivity contribution in [2.24, 2.45) is 11.7 Å². The maximum atomic E-state index is 12.7. The molecule has 0 unspecified atom stereocenters. The van der Waals surface area contributed by atoms with Crippen molar-refractivity contribution in [3.05, 3.63) is 45.8 Å². The van der Waals surface area contributed by atoms with E-state index in [1.54, 1.807) is 18.2 Å². The summed E-state index contributed by atoms with van der Waals surface area (Å²) in [6, 6.07) is 7.08. The molecule has 0 saturated carbocycles. The predicted molar refractivity (Wildman–Crippen MR) is 102 cm³/mol. The van der Waals surface area contributed by atoms with Crippen LogP contribution in [0.15, 0.2) is 24.3 Å². The Labute approximate surface area is 152 Å². The van der Waals surface area contributed by atoms with E-state index in [0.717, 1.165) is 10.4 Å². The molecule has 1 aromatic heterocycles. The maximum absolute atomic E-state index is 12.7. The Balaban J connectivity index is 2.31. The van der Waals surface area contributed by atoms with Crippen LogP contribution in [0.5, 0.6) is 5.75 Å². The monoisotopic (exact) mass is 360 g/mol. The van der Waals surface area contributed by atoms with Crippen LogP contribution >= 0.6 is 11.3 Å². The number of hydrogen-bond acceptors (Lipinski definition) is 4. The molecule has 134 valence electrons. The van der Waals surface area contributed by atoms with Gasteiger partial charge in [0.15, 0.2) is 0 Å². The Morgan fingerprint density at radius 1 is 1.28 bits per heavy atom. The fraction of sp³-hybridized carbons (Fsp3) is 0.368. The Morgan fingerprint density at radius 3 is 2.56 bits per heavy atom. The van der Waals surface area contributed by atoms with Crippen molar-refractivity contribution < 1.29 is 14.3 Å². The second-order valence-electron chi connectivity index (χ2n) is 6.21. The number of nitrogens with one attached hydrogen (secondary N) is 1. The molecule has 3 N–H and O–H groups in total. The van der Waals surface area contributed by atoms with Gasteiger partial charge in [-0.1, -0.05) is 32.9 Å². The van der Waals surface area contributed by atoms with E-state index < -0.39 is 5.91 Å². The van der Waals surface area contributed by atoms with E-state index >= 15 is 0 Å². The number of aryl methyl sites for hydroxylation is 1. The number of para-hydroxylation sites is 1. The summed E-state index contributed by atoms with van der Waals surface area (Å²) in [6.07, 6.45) is 0.685.